The van der Waals surface area contributed by atoms with Crippen molar-refractivity contribution in [3.8, 4) is 11.5 Å². The van der Waals surface area contributed by atoms with Crippen LogP contribution in [0.3, 0.4) is 0 Å². The first-order valence-corrected chi connectivity index (χ1v) is 6.11. The molecule has 1 aromatic carbocycles. The Bertz CT molecular complexity index is 529. The first-order chi connectivity index (χ1) is 9.24. The summed E-state index contributed by atoms with van der Waals surface area (Å²) in [7, 11) is 3.28. The first kappa shape index (κ1) is 13.4. The molecule has 2 aromatic rings. The minimum atomic E-state index is -0.158. The molecule has 0 saturated carbocycles. The quantitative estimate of drug-likeness (QED) is 0.894. The molecule has 1 unspecified atom stereocenters. The summed E-state index contributed by atoms with van der Waals surface area (Å²) in [5.41, 5.74) is 8.30. The fourth-order valence-corrected chi connectivity index (χ4v) is 2.01. The number of rotatable bonds is 5. The monoisotopic (exact) mass is 258 g/mol. The van der Waals surface area contributed by atoms with Crippen molar-refractivity contribution in [1.29, 1.82) is 0 Å². The van der Waals surface area contributed by atoms with E-state index in [1.54, 1.807) is 20.4 Å². The standard InChI is InChI=1S/C15H18N2O2/c1-18-12-5-6-15(19-2)13(9-12)14(16)8-11-4-3-7-17-10-11/h3-7,9-10,14H,8,16H2,1-2H3. The summed E-state index contributed by atoms with van der Waals surface area (Å²) in [6.07, 6.45) is 4.28. The number of hydrogen-bond donors (Lipinski definition) is 1. The van der Waals surface area contributed by atoms with E-state index in [1.165, 1.54) is 0 Å². The van der Waals surface area contributed by atoms with Gasteiger partial charge in [-0.25, -0.2) is 0 Å². The third-order valence-corrected chi connectivity index (χ3v) is 3.01. The normalized spacial score (nSPS) is 11.9. The SMILES string of the molecule is COc1ccc(OC)c(C(N)Cc2cccnc2)c1. The summed E-state index contributed by atoms with van der Waals surface area (Å²) < 4.78 is 10.6. The number of hydrogen-bond acceptors (Lipinski definition) is 4. The van der Waals surface area contributed by atoms with E-state index in [2.05, 4.69) is 4.98 Å². The molecule has 2 rings (SSSR count). The van der Waals surface area contributed by atoms with Crippen LogP contribution >= 0.6 is 0 Å². The van der Waals surface area contributed by atoms with Crippen molar-refractivity contribution in [2.75, 3.05) is 14.2 Å². The predicted molar refractivity (Wildman–Crippen MR) is 74.4 cm³/mol. The number of ether oxygens (including phenoxy) is 2. The molecular weight excluding hydrogens is 240 g/mol. The van der Waals surface area contributed by atoms with Gasteiger partial charge in [0.1, 0.15) is 11.5 Å². The van der Waals surface area contributed by atoms with Crippen LogP contribution in [-0.4, -0.2) is 19.2 Å². The Balaban J connectivity index is 2.24. The van der Waals surface area contributed by atoms with Crippen molar-refractivity contribution < 1.29 is 9.47 Å². The van der Waals surface area contributed by atoms with Gasteiger partial charge in [-0.1, -0.05) is 6.07 Å². The lowest BCUT2D eigenvalue weighted by Gasteiger charge is -2.16. The number of pyridine rings is 1. The van der Waals surface area contributed by atoms with Crippen LogP contribution in [0.1, 0.15) is 17.2 Å². The molecule has 0 saturated heterocycles. The fraction of sp³-hybridized carbons (Fsp3) is 0.267. The van der Waals surface area contributed by atoms with Gasteiger partial charge in [0, 0.05) is 24.0 Å². The van der Waals surface area contributed by atoms with E-state index < -0.39 is 0 Å². The van der Waals surface area contributed by atoms with Gasteiger partial charge in [0.15, 0.2) is 0 Å². The van der Waals surface area contributed by atoms with Crippen molar-refractivity contribution in [3.63, 3.8) is 0 Å². The number of methoxy groups -OCH3 is 2. The molecule has 4 nitrogen and oxygen atoms in total. The van der Waals surface area contributed by atoms with Gasteiger partial charge >= 0.3 is 0 Å². The van der Waals surface area contributed by atoms with Gasteiger partial charge in [-0.15, -0.1) is 0 Å². The molecule has 2 N–H and O–H groups in total. The summed E-state index contributed by atoms with van der Waals surface area (Å²) >= 11 is 0. The highest BCUT2D eigenvalue weighted by Gasteiger charge is 2.14. The molecule has 0 aliphatic carbocycles. The third kappa shape index (κ3) is 3.23. The molecule has 0 aliphatic rings. The van der Waals surface area contributed by atoms with Crippen LogP contribution in [0.2, 0.25) is 0 Å². The molecule has 1 heterocycles. The van der Waals surface area contributed by atoms with E-state index in [9.17, 15) is 0 Å². The molecule has 100 valence electrons. The summed E-state index contributed by atoms with van der Waals surface area (Å²) in [6.45, 7) is 0. The maximum atomic E-state index is 6.26. The fourth-order valence-electron chi connectivity index (χ4n) is 2.01. The summed E-state index contributed by atoms with van der Waals surface area (Å²) in [6, 6.07) is 9.41. The highest BCUT2D eigenvalue weighted by Crippen LogP contribution is 2.29. The van der Waals surface area contributed by atoms with Gasteiger partial charge in [-0.2, -0.15) is 0 Å². The Morgan fingerprint density at radius 2 is 2.05 bits per heavy atom. The number of aromatic nitrogens is 1. The van der Waals surface area contributed by atoms with E-state index in [-0.39, 0.29) is 6.04 Å². The van der Waals surface area contributed by atoms with Gasteiger partial charge in [0.05, 0.1) is 14.2 Å². The zero-order valence-corrected chi connectivity index (χ0v) is 11.2. The zero-order valence-electron chi connectivity index (χ0n) is 11.2. The van der Waals surface area contributed by atoms with Crippen molar-refractivity contribution in [1.82, 2.24) is 4.98 Å². The lowest BCUT2D eigenvalue weighted by Crippen LogP contribution is -2.14. The van der Waals surface area contributed by atoms with Gasteiger partial charge in [0.25, 0.3) is 0 Å². The number of benzene rings is 1. The molecule has 1 atom stereocenters. The minimum absolute atomic E-state index is 0.158. The molecule has 0 amide bonds. The Labute approximate surface area is 113 Å². The van der Waals surface area contributed by atoms with E-state index in [0.29, 0.717) is 6.42 Å². The van der Waals surface area contributed by atoms with Crippen molar-refractivity contribution in [2.45, 2.75) is 12.5 Å². The Kier molecular flexibility index (Phi) is 4.36. The number of nitrogens with zero attached hydrogens (tertiary/aromatic N) is 1. The second-order valence-corrected chi connectivity index (χ2v) is 4.28. The Morgan fingerprint density at radius 1 is 1.21 bits per heavy atom. The third-order valence-electron chi connectivity index (χ3n) is 3.01. The maximum absolute atomic E-state index is 6.26. The van der Waals surface area contributed by atoms with Crippen LogP contribution in [0.25, 0.3) is 0 Å². The largest absolute Gasteiger partial charge is 0.497 e. The van der Waals surface area contributed by atoms with Gasteiger partial charge in [0.2, 0.25) is 0 Å². The molecule has 1 aromatic heterocycles. The van der Waals surface area contributed by atoms with Crippen molar-refractivity contribution in [3.05, 3.63) is 53.9 Å². The average Bonchev–Trinajstić information content (AvgIpc) is 2.47. The van der Waals surface area contributed by atoms with Crippen molar-refractivity contribution in [2.24, 2.45) is 5.73 Å². The van der Waals surface area contributed by atoms with Crippen LogP contribution in [0.5, 0.6) is 11.5 Å². The molecule has 0 radical (unpaired) electrons. The van der Waals surface area contributed by atoms with Crippen LogP contribution in [-0.2, 0) is 6.42 Å². The molecule has 0 aliphatic heterocycles. The summed E-state index contributed by atoms with van der Waals surface area (Å²) in [5, 5.41) is 0. The van der Waals surface area contributed by atoms with Gasteiger partial charge < -0.3 is 15.2 Å². The topological polar surface area (TPSA) is 57.4 Å². The lowest BCUT2D eigenvalue weighted by molar-refractivity contribution is 0.395. The highest BCUT2D eigenvalue weighted by molar-refractivity contribution is 5.42. The average molecular weight is 258 g/mol. The predicted octanol–water partition coefficient (Wildman–Crippen LogP) is 2.34. The van der Waals surface area contributed by atoms with Crippen LogP contribution in [0.4, 0.5) is 0 Å². The second-order valence-electron chi connectivity index (χ2n) is 4.28. The molecule has 0 spiro atoms. The smallest absolute Gasteiger partial charge is 0.123 e. The van der Waals surface area contributed by atoms with E-state index in [1.807, 2.05) is 36.5 Å². The summed E-state index contributed by atoms with van der Waals surface area (Å²) in [5.74, 6) is 1.55. The van der Waals surface area contributed by atoms with Gasteiger partial charge in [-0.05, 0) is 36.2 Å². The molecule has 4 heteroatoms. The molecular formula is C15H18N2O2. The first-order valence-electron chi connectivity index (χ1n) is 6.11. The number of nitrogens with two attached hydrogens (primary N) is 1. The molecule has 0 fully saturated rings. The van der Waals surface area contributed by atoms with Crippen molar-refractivity contribution >= 4 is 0 Å². The van der Waals surface area contributed by atoms with Crippen LogP contribution in [0, 0.1) is 0 Å². The van der Waals surface area contributed by atoms with E-state index in [0.717, 1.165) is 22.6 Å². The van der Waals surface area contributed by atoms with Gasteiger partial charge in [-0.3, -0.25) is 4.98 Å². The highest BCUT2D eigenvalue weighted by atomic mass is 16.5. The minimum Gasteiger partial charge on any atom is -0.497 e. The zero-order chi connectivity index (χ0) is 13.7. The van der Waals surface area contributed by atoms with Crippen LogP contribution in [0.15, 0.2) is 42.7 Å². The maximum Gasteiger partial charge on any atom is 0.123 e. The summed E-state index contributed by atoms with van der Waals surface area (Å²) in [4.78, 5) is 4.10. The molecule has 19 heavy (non-hydrogen) atoms. The second kappa shape index (κ2) is 6.20. The lowest BCUT2D eigenvalue weighted by atomic mass is 9.99. The molecule has 0 bridgehead atoms. The Morgan fingerprint density at radius 3 is 2.68 bits per heavy atom. The van der Waals surface area contributed by atoms with Crippen LogP contribution < -0.4 is 15.2 Å². The van der Waals surface area contributed by atoms with E-state index in [4.69, 9.17) is 15.2 Å². The Hall–Kier alpha value is -2.07. The van der Waals surface area contributed by atoms with E-state index >= 15 is 0 Å².